The van der Waals surface area contributed by atoms with Crippen molar-refractivity contribution < 1.29 is 23.1 Å². The molecule has 1 aromatic rings. The Morgan fingerprint density at radius 2 is 2.05 bits per heavy atom. The number of carbonyl (C=O) groups is 2. The number of sulfonamides is 1. The summed E-state index contributed by atoms with van der Waals surface area (Å²) in [6.45, 7) is 2.65. The summed E-state index contributed by atoms with van der Waals surface area (Å²) in [7, 11) is -4.05. The maximum Gasteiger partial charge on any atom is 0.323 e. The lowest BCUT2D eigenvalue weighted by atomic mass is 10.2. The first-order valence-corrected chi connectivity index (χ1v) is 7.76. The second kappa shape index (κ2) is 5.45. The van der Waals surface area contributed by atoms with Gasteiger partial charge in [-0.2, -0.15) is 4.31 Å². The van der Waals surface area contributed by atoms with E-state index in [4.69, 9.17) is 0 Å². The number of carboxylic acids is 1. The molecule has 1 unspecified atom stereocenters. The van der Waals surface area contributed by atoms with Crippen molar-refractivity contribution in [2.75, 3.05) is 13.1 Å². The molecule has 1 aliphatic heterocycles. The van der Waals surface area contributed by atoms with Gasteiger partial charge in [-0.25, -0.2) is 8.42 Å². The summed E-state index contributed by atoms with van der Waals surface area (Å²) < 4.78 is 26.2. The SMILES string of the molecule is Cc1ccc(C)c(S(=O)(=O)N2CC(=O)NCC2C(=O)O)c1. The summed E-state index contributed by atoms with van der Waals surface area (Å²) in [5, 5.41) is 11.5. The zero-order chi connectivity index (χ0) is 15.8. The van der Waals surface area contributed by atoms with Crippen molar-refractivity contribution in [3.05, 3.63) is 29.3 Å². The second-order valence-electron chi connectivity index (χ2n) is 4.98. The molecule has 1 fully saturated rings. The monoisotopic (exact) mass is 312 g/mol. The second-order valence-corrected chi connectivity index (χ2v) is 6.84. The van der Waals surface area contributed by atoms with Crippen LogP contribution >= 0.6 is 0 Å². The third-order valence-electron chi connectivity index (χ3n) is 3.35. The van der Waals surface area contributed by atoms with Crippen molar-refractivity contribution in [2.24, 2.45) is 0 Å². The molecule has 7 nitrogen and oxygen atoms in total. The summed E-state index contributed by atoms with van der Waals surface area (Å²) in [5.41, 5.74) is 1.25. The van der Waals surface area contributed by atoms with Gasteiger partial charge in [0.05, 0.1) is 11.4 Å². The van der Waals surface area contributed by atoms with Crippen molar-refractivity contribution in [3.63, 3.8) is 0 Å². The highest BCUT2D eigenvalue weighted by Gasteiger charge is 2.40. The maximum atomic E-state index is 12.7. The molecular formula is C13H16N2O5S. The van der Waals surface area contributed by atoms with Crippen LogP contribution in [0.25, 0.3) is 0 Å². The highest BCUT2D eigenvalue weighted by Crippen LogP contribution is 2.24. The van der Waals surface area contributed by atoms with Gasteiger partial charge in [0.15, 0.2) is 0 Å². The Bertz CT molecular complexity index is 699. The molecule has 1 atom stereocenters. The van der Waals surface area contributed by atoms with Crippen molar-refractivity contribution in [3.8, 4) is 0 Å². The minimum absolute atomic E-state index is 0.0310. The number of amides is 1. The number of benzene rings is 1. The van der Waals surface area contributed by atoms with Gasteiger partial charge in [0.25, 0.3) is 0 Å². The number of carbonyl (C=O) groups excluding carboxylic acids is 1. The van der Waals surface area contributed by atoms with Crippen LogP contribution in [0.5, 0.6) is 0 Å². The van der Waals surface area contributed by atoms with E-state index in [0.29, 0.717) is 5.56 Å². The molecule has 0 spiro atoms. The van der Waals surface area contributed by atoms with Gasteiger partial charge in [-0.3, -0.25) is 9.59 Å². The van der Waals surface area contributed by atoms with Gasteiger partial charge in [-0.1, -0.05) is 12.1 Å². The standard InChI is InChI=1S/C13H16N2O5S/c1-8-3-4-9(2)11(5-8)21(19,20)15-7-12(16)14-6-10(15)13(17)18/h3-5,10H,6-7H2,1-2H3,(H,14,16)(H,17,18). The smallest absolute Gasteiger partial charge is 0.323 e. The topological polar surface area (TPSA) is 104 Å². The zero-order valence-electron chi connectivity index (χ0n) is 11.7. The molecule has 2 rings (SSSR count). The zero-order valence-corrected chi connectivity index (χ0v) is 12.5. The quantitative estimate of drug-likeness (QED) is 0.809. The number of rotatable bonds is 3. The van der Waals surface area contributed by atoms with Crippen molar-refractivity contribution in [1.29, 1.82) is 0 Å². The van der Waals surface area contributed by atoms with Crippen molar-refractivity contribution in [2.45, 2.75) is 24.8 Å². The van der Waals surface area contributed by atoms with Gasteiger partial charge < -0.3 is 10.4 Å². The normalized spacial score (nSPS) is 20.1. The lowest BCUT2D eigenvalue weighted by molar-refractivity contribution is -0.143. The first-order valence-electron chi connectivity index (χ1n) is 6.32. The van der Waals surface area contributed by atoms with E-state index in [1.54, 1.807) is 26.0 Å². The van der Waals surface area contributed by atoms with E-state index in [1.165, 1.54) is 6.07 Å². The number of nitrogens with zero attached hydrogens (tertiary/aromatic N) is 1. The summed E-state index contributed by atoms with van der Waals surface area (Å²) >= 11 is 0. The molecule has 1 amide bonds. The average molecular weight is 312 g/mol. The Balaban J connectivity index is 2.52. The van der Waals surface area contributed by atoms with Gasteiger partial charge in [0.1, 0.15) is 6.04 Å². The van der Waals surface area contributed by atoms with Crippen molar-refractivity contribution in [1.82, 2.24) is 9.62 Å². The number of hydrogen-bond acceptors (Lipinski definition) is 4. The highest BCUT2D eigenvalue weighted by molar-refractivity contribution is 7.89. The number of hydrogen-bond donors (Lipinski definition) is 2. The molecular weight excluding hydrogens is 296 g/mol. The van der Waals surface area contributed by atoms with Crippen LogP contribution in [-0.4, -0.2) is 48.8 Å². The van der Waals surface area contributed by atoms with Crippen LogP contribution in [-0.2, 0) is 19.6 Å². The van der Waals surface area contributed by atoms with Crippen LogP contribution in [0.1, 0.15) is 11.1 Å². The van der Waals surface area contributed by atoms with Crippen LogP contribution in [0.2, 0.25) is 0 Å². The van der Waals surface area contributed by atoms with Crippen molar-refractivity contribution >= 4 is 21.9 Å². The van der Waals surface area contributed by atoms with E-state index < -0.39 is 34.5 Å². The summed E-state index contributed by atoms with van der Waals surface area (Å²) in [6.07, 6.45) is 0. The fourth-order valence-corrected chi connectivity index (χ4v) is 4.04. The molecule has 0 aliphatic carbocycles. The Morgan fingerprint density at radius 1 is 1.38 bits per heavy atom. The van der Waals surface area contributed by atoms with Gasteiger partial charge >= 0.3 is 5.97 Å². The largest absolute Gasteiger partial charge is 0.480 e. The molecule has 0 aromatic heterocycles. The fraction of sp³-hybridized carbons (Fsp3) is 0.385. The Labute approximate surface area is 122 Å². The Kier molecular flexibility index (Phi) is 4.02. The highest BCUT2D eigenvalue weighted by atomic mass is 32.2. The summed E-state index contributed by atoms with van der Waals surface area (Å²) in [4.78, 5) is 22.7. The summed E-state index contributed by atoms with van der Waals surface area (Å²) in [5.74, 6) is -1.80. The molecule has 0 saturated carbocycles. The van der Waals surface area contributed by atoms with Gasteiger partial charge in [-0.05, 0) is 31.0 Å². The molecule has 0 radical (unpaired) electrons. The lowest BCUT2D eigenvalue weighted by Gasteiger charge is -2.32. The molecule has 0 bridgehead atoms. The summed E-state index contributed by atoms with van der Waals surface area (Å²) in [6, 6.07) is 3.61. The first-order chi connectivity index (χ1) is 9.73. The fourth-order valence-electron chi connectivity index (χ4n) is 2.19. The minimum atomic E-state index is -4.05. The Hall–Kier alpha value is -1.93. The number of nitrogens with one attached hydrogen (secondary N) is 1. The van der Waals surface area contributed by atoms with E-state index in [-0.39, 0.29) is 11.4 Å². The van der Waals surface area contributed by atoms with Crippen LogP contribution in [0.15, 0.2) is 23.1 Å². The third-order valence-corrected chi connectivity index (χ3v) is 5.35. The molecule has 8 heteroatoms. The lowest BCUT2D eigenvalue weighted by Crippen LogP contribution is -2.59. The molecule has 2 N–H and O–H groups in total. The molecule has 1 heterocycles. The average Bonchev–Trinajstić information content (AvgIpc) is 2.41. The number of piperazine rings is 1. The van der Waals surface area contributed by atoms with Crippen LogP contribution in [0.4, 0.5) is 0 Å². The number of aryl methyl sites for hydroxylation is 2. The molecule has 114 valence electrons. The van der Waals surface area contributed by atoms with Crippen LogP contribution in [0.3, 0.4) is 0 Å². The van der Waals surface area contributed by atoms with Crippen LogP contribution in [0, 0.1) is 13.8 Å². The molecule has 1 aromatic carbocycles. The van der Waals surface area contributed by atoms with E-state index in [2.05, 4.69) is 5.32 Å². The molecule has 1 aliphatic rings. The van der Waals surface area contributed by atoms with E-state index in [9.17, 15) is 23.1 Å². The number of aliphatic carboxylic acids is 1. The predicted octanol–water partition coefficient (Wildman–Crippen LogP) is -0.123. The Morgan fingerprint density at radius 3 is 2.67 bits per heavy atom. The van der Waals surface area contributed by atoms with E-state index >= 15 is 0 Å². The minimum Gasteiger partial charge on any atom is -0.480 e. The predicted molar refractivity (Wildman–Crippen MR) is 74.2 cm³/mol. The molecule has 21 heavy (non-hydrogen) atoms. The molecule has 1 saturated heterocycles. The van der Waals surface area contributed by atoms with Gasteiger partial charge in [0, 0.05) is 6.54 Å². The van der Waals surface area contributed by atoms with Gasteiger partial charge in [-0.15, -0.1) is 0 Å². The van der Waals surface area contributed by atoms with Gasteiger partial charge in [0.2, 0.25) is 15.9 Å². The van der Waals surface area contributed by atoms with E-state index in [1.807, 2.05) is 0 Å². The van der Waals surface area contributed by atoms with E-state index in [0.717, 1.165) is 9.87 Å². The van der Waals surface area contributed by atoms with Crippen LogP contribution < -0.4 is 5.32 Å². The third kappa shape index (κ3) is 2.91. The first kappa shape index (κ1) is 15.5. The number of carboxylic acid groups (broad SMARTS) is 1. The maximum absolute atomic E-state index is 12.7.